The molecule has 0 aromatic rings. The number of nitrogens with one attached hydrogen (secondary N) is 3. The van der Waals surface area contributed by atoms with Gasteiger partial charge < -0.3 is 43.4 Å². The highest BCUT2D eigenvalue weighted by molar-refractivity contribution is 5.97. The number of carbonyl (C=O) groups excluding carboxylic acids is 5. The van der Waals surface area contributed by atoms with Crippen molar-refractivity contribution < 1.29 is 39.0 Å². The number of carbonyl (C=O) groups is 6. The molecule has 0 aliphatic carbocycles. The number of primary amides is 2. The maximum absolute atomic E-state index is 12.6. The highest BCUT2D eigenvalue weighted by Gasteiger charge is 2.33. The first-order valence-corrected chi connectivity index (χ1v) is 9.31. The highest BCUT2D eigenvalue weighted by atomic mass is 16.4. The molecule has 0 aliphatic heterocycles. The van der Waals surface area contributed by atoms with Crippen molar-refractivity contribution in [2.75, 3.05) is 0 Å². The third-order valence-electron chi connectivity index (χ3n) is 4.13. The lowest BCUT2D eigenvalue weighted by molar-refractivity contribution is -0.143. The Balaban J connectivity index is 5.56. The highest BCUT2D eigenvalue weighted by Crippen LogP contribution is 2.04. The van der Waals surface area contributed by atoms with Crippen molar-refractivity contribution in [3.8, 4) is 0 Å². The number of carboxylic acid groups (broad SMARTS) is 1. The van der Waals surface area contributed by atoms with Crippen LogP contribution >= 0.6 is 0 Å². The Morgan fingerprint density at radius 3 is 1.48 bits per heavy atom. The Morgan fingerprint density at radius 2 is 1.16 bits per heavy atom. The van der Waals surface area contributed by atoms with Gasteiger partial charge in [-0.3, -0.25) is 24.0 Å². The maximum atomic E-state index is 12.6. The van der Waals surface area contributed by atoms with Crippen molar-refractivity contribution in [2.24, 2.45) is 23.1 Å². The van der Waals surface area contributed by atoms with E-state index < -0.39 is 84.5 Å². The normalized spacial score (nSPS) is 15.7. The van der Waals surface area contributed by atoms with Crippen LogP contribution in [0.1, 0.15) is 33.6 Å². The van der Waals surface area contributed by atoms with Crippen LogP contribution in [-0.2, 0) is 28.8 Å². The van der Waals surface area contributed by atoms with Crippen molar-refractivity contribution in [3.63, 3.8) is 0 Å². The van der Waals surface area contributed by atoms with Crippen LogP contribution in [0.2, 0.25) is 0 Å². The topological polar surface area (TPSA) is 257 Å². The van der Waals surface area contributed by atoms with E-state index in [9.17, 15) is 39.0 Å². The summed E-state index contributed by atoms with van der Waals surface area (Å²) in [7, 11) is 0. The zero-order valence-corrected chi connectivity index (χ0v) is 17.5. The van der Waals surface area contributed by atoms with Gasteiger partial charge >= 0.3 is 5.97 Å². The zero-order chi connectivity index (χ0) is 24.5. The fourth-order valence-corrected chi connectivity index (χ4v) is 2.35. The van der Waals surface area contributed by atoms with E-state index in [1.165, 1.54) is 20.8 Å². The Bertz CT molecular complexity index is 711. The lowest BCUT2D eigenvalue weighted by Gasteiger charge is -2.25. The Morgan fingerprint density at radius 1 is 0.774 bits per heavy atom. The molecule has 0 saturated carbocycles. The van der Waals surface area contributed by atoms with Gasteiger partial charge in [0.05, 0.1) is 18.9 Å². The molecule has 5 atom stereocenters. The maximum Gasteiger partial charge on any atom is 0.326 e. The average Bonchev–Trinajstić information content (AvgIpc) is 2.62. The Kier molecular flexibility index (Phi) is 11.1. The van der Waals surface area contributed by atoms with Crippen molar-refractivity contribution in [2.45, 2.75) is 63.9 Å². The molecule has 0 aromatic heterocycles. The smallest absolute Gasteiger partial charge is 0.326 e. The van der Waals surface area contributed by atoms with Gasteiger partial charge in [0.25, 0.3) is 0 Å². The predicted molar refractivity (Wildman–Crippen MR) is 106 cm³/mol. The fourth-order valence-electron chi connectivity index (χ4n) is 2.35. The molecule has 0 aliphatic rings. The summed E-state index contributed by atoms with van der Waals surface area (Å²) in [5, 5.41) is 25.0. The van der Waals surface area contributed by atoms with E-state index in [4.69, 9.17) is 17.2 Å². The lowest BCUT2D eigenvalue weighted by Crippen LogP contribution is -2.59. The van der Waals surface area contributed by atoms with E-state index in [1.807, 2.05) is 0 Å². The molecule has 0 fully saturated rings. The SMILES string of the molecule is CC(C)C(NC(=O)C(CC(N)=O)NC(=O)C(CC(N)=O)NC(=O)C(N)C(C)O)C(=O)O. The van der Waals surface area contributed by atoms with E-state index in [2.05, 4.69) is 16.0 Å². The molecule has 0 radical (unpaired) electrons. The minimum absolute atomic E-state index is 0.518. The number of aliphatic hydroxyl groups excluding tert-OH is 1. The summed E-state index contributed by atoms with van der Waals surface area (Å²) >= 11 is 0. The van der Waals surface area contributed by atoms with Gasteiger partial charge in [-0.25, -0.2) is 4.79 Å². The van der Waals surface area contributed by atoms with Crippen LogP contribution in [-0.4, -0.2) is 76.0 Å². The second-order valence-corrected chi connectivity index (χ2v) is 7.30. The Labute approximate surface area is 178 Å². The van der Waals surface area contributed by atoms with Crippen molar-refractivity contribution >= 4 is 35.5 Å². The summed E-state index contributed by atoms with van der Waals surface area (Å²) in [6.45, 7) is 4.29. The quantitative estimate of drug-likeness (QED) is 0.136. The zero-order valence-electron chi connectivity index (χ0n) is 17.5. The van der Waals surface area contributed by atoms with Gasteiger partial charge in [0.15, 0.2) is 0 Å². The first-order valence-electron chi connectivity index (χ1n) is 9.31. The van der Waals surface area contributed by atoms with Gasteiger partial charge in [-0.05, 0) is 12.8 Å². The summed E-state index contributed by atoms with van der Waals surface area (Å²) in [4.78, 5) is 71.0. The number of aliphatic hydroxyl groups is 1. The molecule has 0 heterocycles. The third-order valence-corrected chi connectivity index (χ3v) is 4.13. The molecule has 11 N–H and O–H groups in total. The number of carboxylic acids is 1. The minimum Gasteiger partial charge on any atom is -0.480 e. The summed E-state index contributed by atoms with van der Waals surface area (Å²) in [6.07, 6.45) is -2.64. The molecule has 14 heteroatoms. The monoisotopic (exact) mass is 446 g/mol. The first kappa shape index (κ1) is 27.7. The van der Waals surface area contributed by atoms with Crippen LogP contribution in [0, 0.1) is 5.92 Å². The second kappa shape index (κ2) is 12.4. The van der Waals surface area contributed by atoms with Crippen LogP contribution in [0.15, 0.2) is 0 Å². The van der Waals surface area contributed by atoms with Crippen LogP contribution in [0.25, 0.3) is 0 Å². The minimum atomic E-state index is -1.59. The largest absolute Gasteiger partial charge is 0.480 e. The van der Waals surface area contributed by atoms with Gasteiger partial charge in [-0.15, -0.1) is 0 Å². The standard InChI is InChI=1S/C17H30N6O8/c1-6(2)13(17(30)31)23-15(28)9(5-11(19)26)21-14(27)8(4-10(18)25)22-16(29)12(20)7(3)24/h6-9,12-13,24H,4-5,20H2,1-3H3,(H2,18,25)(H2,19,26)(H,21,27)(H,22,29)(H,23,28)(H,30,31). The third kappa shape index (κ3) is 9.86. The number of hydrogen-bond donors (Lipinski definition) is 8. The molecule has 5 amide bonds. The molecule has 0 rings (SSSR count). The summed E-state index contributed by atoms with van der Waals surface area (Å²) in [6, 6.07) is -5.91. The van der Waals surface area contributed by atoms with Gasteiger partial charge in [0.1, 0.15) is 24.2 Å². The van der Waals surface area contributed by atoms with Gasteiger partial charge in [0.2, 0.25) is 29.5 Å². The average molecular weight is 446 g/mol. The van der Waals surface area contributed by atoms with Gasteiger partial charge in [-0.1, -0.05) is 13.8 Å². The van der Waals surface area contributed by atoms with Gasteiger partial charge in [0, 0.05) is 0 Å². The molecule has 5 unspecified atom stereocenters. The number of hydrogen-bond acceptors (Lipinski definition) is 8. The summed E-state index contributed by atoms with van der Waals surface area (Å²) in [5.41, 5.74) is 15.6. The first-order chi connectivity index (χ1) is 14.2. The fraction of sp³-hybridized carbons (Fsp3) is 0.647. The van der Waals surface area contributed by atoms with Crippen LogP contribution in [0.5, 0.6) is 0 Å². The van der Waals surface area contributed by atoms with E-state index >= 15 is 0 Å². The van der Waals surface area contributed by atoms with Crippen LogP contribution < -0.4 is 33.2 Å². The lowest BCUT2D eigenvalue weighted by atomic mass is 10.0. The van der Waals surface area contributed by atoms with Crippen molar-refractivity contribution in [1.82, 2.24) is 16.0 Å². The molecular formula is C17H30N6O8. The summed E-state index contributed by atoms with van der Waals surface area (Å²) in [5.74, 6) is -6.89. The molecule has 14 nitrogen and oxygen atoms in total. The number of amides is 5. The predicted octanol–water partition coefficient (Wildman–Crippen LogP) is -4.36. The van der Waals surface area contributed by atoms with E-state index in [-0.39, 0.29) is 0 Å². The van der Waals surface area contributed by atoms with E-state index in [0.29, 0.717) is 0 Å². The molecule has 0 spiro atoms. The van der Waals surface area contributed by atoms with Gasteiger partial charge in [-0.2, -0.15) is 0 Å². The molecule has 31 heavy (non-hydrogen) atoms. The number of aliphatic carboxylic acids is 1. The Hall–Kier alpha value is -3.26. The van der Waals surface area contributed by atoms with Crippen molar-refractivity contribution in [1.29, 1.82) is 0 Å². The number of rotatable bonds is 13. The second-order valence-electron chi connectivity index (χ2n) is 7.30. The molecule has 0 bridgehead atoms. The summed E-state index contributed by atoms with van der Waals surface area (Å²) < 4.78 is 0. The number of nitrogens with two attached hydrogens (primary N) is 3. The van der Waals surface area contributed by atoms with Crippen LogP contribution in [0.4, 0.5) is 0 Å². The van der Waals surface area contributed by atoms with E-state index in [1.54, 1.807) is 0 Å². The molecular weight excluding hydrogens is 416 g/mol. The molecule has 0 saturated heterocycles. The van der Waals surface area contributed by atoms with Crippen molar-refractivity contribution in [3.05, 3.63) is 0 Å². The van der Waals surface area contributed by atoms with Crippen LogP contribution in [0.3, 0.4) is 0 Å². The molecule has 176 valence electrons. The van der Waals surface area contributed by atoms with E-state index in [0.717, 1.165) is 0 Å². The molecule has 0 aromatic carbocycles.